The lowest BCUT2D eigenvalue weighted by atomic mass is 10.2. The van der Waals surface area contributed by atoms with Crippen LogP contribution in [0.15, 0.2) is 18.5 Å². The zero-order valence-electron chi connectivity index (χ0n) is 13.0. The van der Waals surface area contributed by atoms with E-state index in [1.807, 2.05) is 29.1 Å². The van der Waals surface area contributed by atoms with E-state index in [4.69, 9.17) is 15.3 Å². The molecule has 8 heteroatoms. The molecule has 0 aromatic carbocycles. The molecular formula is C15H20N6O2. The summed E-state index contributed by atoms with van der Waals surface area (Å²) in [5, 5.41) is 21.6. The van der Waals surface area contributed by atoms with Crippen LogP contribution in [0.4, 0.5) is 0 Å². The molecule has 8 nitrogen and oxygen atoms in total. The fraction of sp³-hybridized carbons (Fsp3) is 0.600. The van der Waals surface area contributed by atoms with Crippen LogP contribution in [0.1, 0.15) is 6.42 Å². The van der Waals surface area contributed by atoms with Gasteiger partial charge in [-0.15, -0.1) is 0 Å². The van der Waals surface area contributed by atoms with Gasteiger partial charge in [0.15, 0.2) is 0 Å². The van der Waals surface area contributed by atoms with Gasteiger partial charge in [-0.1, -0.05) is 0 Å². The Morgan fingerprint density at radius 3 is 2.83 bits per heavy atom. The van der Waals surface area contributed by atoms with E-state index >= 15 is 0 Å². The Kier molecular flexibility index (Phi) is 6.55. The minimum absolute atomic E-state index is 0.0442. The van der Waals surface area contributed by atoms with Crippen molar-refractivity contribution in [2.24, 2.45) is 0 Å². The van der Waals surface area contributed by atoms with Crippen molar-refractivity contribution in [1.82, 2.24) is 19.6 Å². The van der Waals surface area contributed by atoms with Crippen molar-refractivity contribution < 1.29 is 9.53 Å². The van der Waals surface area contributed by atoms with Crippen LogP contribution in [0.2, 0.25) is 0 Å². The van der Waals surface area contributed by atoms with Crippen molar-refractivity contribution in [3.63, 3.8) is 0 Å². The third kappa shape index (κ3) is 5.37. The molecule has 0 aliphatic carbocycles. The Balaban J connectivity index is 1.77. The van der Waals surface area contributed by atoms with Crippen molar-refractivity contribution in [2.45, 2.75) is 19.1 Å². The number of amides is 1. The van der Waals surface area contributed by atoms with Crippen LogP contribution in [0.25, 0.3) is 0 Å². The zero-order valence-corrected chi connectivity index (χ0v) is 13.0. The Morgan fingerprint density at radius 2 is 2.17 bits per heavy atom. The van der Waals surface area contributed by atoms with Crippen LogP contribution >= 0.6 is 0 Å². The van der Waals surface area contributed by atoms with Gasteiger partial charge < -0.3 is 9.64 Å². The lowest BCUT2D eigenvalue weighted by Gasteiger charge is -2.33. The average molecular weight is 316 g/mol. The van der Waals surface area contributed by atoms with Crippen LogP contribution in [0.5, 0.6) is 0 Å². The lowest BCUT2D eigenvalue weighted by Crippen LogP contribution is -2.45. The number of rotatable bonds is 7. The molecule has 122 valence electrons. The molecule has 0 radical (unpaired) electrons. The summed E-state index contributed by atoms with van der Waals surface area (Å²) in [7, 11) is 0. The second-order valence-corrected chi connectivity index (χ2v) is 5.34. The van der Waals surface area contributed by atoms with Crippen LogP contribution in [0, 0.1) is 22.7 Å². The number of aromatic nitrogens is 2. The largest absolute Gasteiger partial charge is 0.374 e. The van der Waals surface area contributed by atoms with E-state index in [-0.39, 0.29) is 25.1 Å². The molecule has 1 aromatic heterocycles. The van der Waals surface area contributed by atoms with Crippen molar-refractivity contribution >= 4 is 5.91 Å². The molecular weight excluding hydrogens is 296 g/mol. The van der Waals surface area contributed by atoms with Crippen molar-refractivity contribution in [3.8, 4) is 12.1 Å². The highest BCUT2D eigenvalue weighted by atomic mass is 16.5. The first-order chi connectivity index (χ1) is 11.2. The summed E-state index contributed by atoms with van der Waals surface area (Å²) in [6.45, 7) is 3.34. The summed E-state index contributed by atoms with van der Waals surface area (Å²) in [5.41, 5.74) is 0. The second-order valence-electron chi connectivity index (χ2n) is 5.34. The highest BCUT2D eigenvalue weighted by Crippen LogP contribution is 2.08. The fourth-order valence-electron chi connectivity index (χ4n) is 2.53. The molecule has 1 fully saturated rings. The highest BCUT2D eigenvalue weighted by molar-refractivity contribution is 5.76. The molecule has 0 unspecified atom stereocenters. The summed E-state index contributed by atoms with van der Waals surface area (Å²) in [4.78, 5) is 15.5. The number of hydrogen-bond donors (Lipinski definition) is 0. The van der Waals surface area contributed by atoms with Crippen molar-refractivity contribution in [1.29, 1.82) is 10.5 Å². The number of carbonyl (C=O) groups excluding carboxylic acids is 1. The number of morpholine rings is 1. The van der Waals surface area contributed by atoms with E-state index in [0.717, 1.165) is 13.1 Å². The minimum Gasteiger partial charge on any atom is -0.374 e. The van der Waals surface area contributed by atoms with Gasteiger partial charge in [0.1, 0.15) is 13.1 Å². The first-order valence-corrected chi connectivity index (χ1v) is 7.56. The third-order valence-electron chi connectivity index (χ3n) is 3.69. The maximum absolute atomic E-state index is 12.1. The third-order valence-corrected chi connectivity index (χ3v) is 3.69. The summed E-state index contributed by atoms with van der Waals surface area (Å²) < 4.78 is 7.56. The van der Waals surface area contributed by atoms with Gasteiger partial charge in [0.2, 0.25) is 5.91 Å². The van der Waals surface area contributed by atoms with Gasteiger partial charge in [-0.25, -0.2) is 0 Å². The van der Waals surface area contributed by atoms with E-state index in [1.165, 1.54) is 4.90 Å². The molecule has 0 spiro atoms. The highest BCUT2D eigenvalue weighted by Gasteiger charge is 2.22. The summed E-state index contributed by atoms with van der Waals surface area (Å²) in [6, 6.07) is 5.70. The molecule has 1 aliphatic rings. The molecule has 2 heterocycles. The van der Waals surface area contributed by atoms with E-state index < -0.39 is 0 Å². The van der Waals surface area contributed by atoms with Crippen molar-refractivity contribution in [2.75, 3.05) is 39.3 Å². The van der Waals surface area contributed by atoms with Crippen LogP contribution in [-0.4, -0.2) is 70.9 Å². The van der Waals surface area contributed by atoms with Crippen molar-refractivity contribution in [3.05, 3.63) is 18.5 Å². The maximum Gasteiger partial charge on any atom is 0.225 e. The second kappa shape index (κ2) is 8.89. The number of nitriles is 2. The summed E-state index contributed by atoms with van der Waals surface area (Å²) in [6.07, 6.45) is 3.98. The number of hydrogen-bond acceptors (Lipinski definition) is 6. The van der Waals surface area contributed by atoms with Gasteiger partial charge in [0.25, 0.3) is 0 Å². The molecule has 23 heavy (non-hydrogen) atoms. The Labute approximate surface area is 135 Å². The molecule has 0 saturated carbocycles. The van der Waals surface area contributed by atoms with Crippen LogP contribution in [-0.2, 0) is 16.1 Å². The predicted molar refractivity (Wildman–Crippen MR) is 80.8 cm³/mol. The molecule has 1 aliphatic heterocycles. The monoisotopic (exact) mass is 316 g/mol. The first kappa shape index (κ1) is 16.9. The first-order valence-electron chi connectivity index (χ1n) is 7.56. The SMILES string of the molecule is N#CCN(CC#N)C(=O)CCN1CCO[C@@H](Cn2cccn2)C1. The topological polar surface area (TPSA) is 98.2 Å². The van der Waals surface area contributed by atoms with Crippen LogP contribution in [0.3, 0.4) is 0 Å². The minimum atomic E-state index is -0.164. The summed E-state index contributed by atoms with van der Waals surface area (Å²) in [5.74, 6) is -0.164. The lowest BCUT2D eigenvalue weighted by molar-refractivity contribution is -0.130. The molecule has 0 N–H and O–H groups in total. The Bertz CT molecular complexity index is 558. The number of carbonyl (C=O) groups is 1. The van der Waals surface area contributed by atoms with Gasteiger partial charge in [-0.05, 0) is 6.07 Å². The van der Waals surface area contributed by atoms with Gasteiger partial charge in [0, 0.05) is 38.4 Å². The number of nitrogens with zero attached hydrogens (tertiary/aromatic N) is 6. The molecule has 2 rings (SSSR count). The molecule has 1 aromatic rings. The van der Waals surface area contributed by atoms with Gasteiger partial charge in [-0.2, -0.15) is 15.6 Å². The maximum atomic E-state index is 12.1. The van der Waals surface area contributed by atoms with Crippen LogP contribution < -0.4 is 0 Å². The standard InChI is InChI=1S/C15H20N6O2/c16-3-8-20(9-4-17)15(22)2-7-19-10-11-23-14(12-19)13-21-6-1-5-18-21/h1,5-6,14H,2,7-13H2/t14-/m1/s1. The van der Waals surface area contributed by atoms with Gasteiger partial charge >= 0.3 is 0 Å². The molecule has 1 amide bonds. The molecule has 1 saturated heterocycles. The summed E-state index contributed by atoms with van der Waals surface area (Å²) >= 11 is 0. The van der Waals surface area contributed by atoms with E-state index in [0.29, 0.717) is 26.1 Å². The molecule has 0 bridgehead atoms. The Morgan fingerprint density at radius 1 is 1.39 bits per heavy atom. The fourth-order valence-corrected chi connectivity index (χ4v) is 2.53. The quantitative estimate of drug-likeness (QED) is 0.649. The normalized spacial score (nSPS) is 18.1. The van der Waals surface area contributed by atoms with E-state index in [1.54, 1.807) is 6.20 Å². The van der Waals surface area contributed by atoms with Gasteiger partial charge in [-0.3, -0.25) is 14.4 Å². The van der Waals surface area contributed by atoms with Gasteiger partial charge in [0.05, 0.1) is 31.4 Å². The van der Waals surface area contributed by atoms with E-state index in [9.17, 15) is 4.79 Å². The molecule has 1 atom stereocenters. The predicted octanol–water partition coefficient (Wildman–Crippen LogP) is -0.150. The average Bonchev–Trinajstić information content (AvgIpc) is 3.06. The van der Waals surface area contributed by atoms with E-state index in [2.05, 4.69) is 10.00 Å². The Hall–Kier alpha value is -2.42. The number of ether oxygens (including phenoxy) is 1. The smallest absolute Gasteiger partial charge is 0.225 e. The zero-order chi connectivity index (χ0) is 16.5.